The number of rotatable bonds is 4. The molecule has 0 bridgehead atoms. The van der Waals surface area contributed by atoms with Crippen molar-refractivity contribution in [1.82, 2.24) is 14.7 Å². The van der Waals surface area contributed by atoms with E-state index in [1.54, 1.807) is 16.7 Å². The molecule has 30 heavy (non-hydrogen) atoms. The van der Waals surface area contributed by atoms with Crippen molar-refractivity contribution in [3.8, 4) is 0 Å². The Labute approximate surface area is 176 Å². The largest absolute Gasteiger partial charge is 0.379 e. The number of amides is 4. The van der Waals surface area contributed by atoms with Crippen molar-refractivity contribution in [2.75, 3.05) is 46.1 Å². The van der Waals surface area contributed by atoms with Crippen LogP contribution < -0.4 is 0 Å². The van der Waals surface area contributed by atoms with E-state index in [9.17, 15) is 14.4 Å². The third kappa shape index (κ3) is 3.94. The number of imide groups is 1. The van der Waals surface area contributed by atoms with Crippen molar-refractivity contribution in [3.63, 3.8) is 0 Å². The summed E-state index contributed by atoms with van der Waals surface area (Å²) >= 11 is 0. The van der Waals surface area contributed by atoms with Crippen molar-refractivity contribution in [2.45, 2.75) is 31.8 Å². The summed E-state index contributed by atoms with van der Waals surface area (Å²) in [6, 6.07) is 9.46. The predicted octanol–water partition coefficient (Wildman–Crippen LogP) is 1.49. The van der Waals surface area contributed by atoms with E-state index < -0.39 is 5.54 Å². The van der Waals surface area contributed by atoms with Gasteiger partial charge < -0.3 is 19.3 Å². The number of ether oxygens (including phenoxy) is 2. The number of hydrogen-bond acceptors (Lipinski definition) is 5. The maximum Gasteiger partial charge on any atom is 0.327 e. The second-order valence-corrected chi connectivity index (χ2v) is 8.32. The van der Waals surface area contributed by atoms with Crippen molar-refractivity contribution in [1.29, 1.82) is 0 Å². The number of carbonyl (C=O) groups excluding carboxylic acids is 3. The second-order valence-electron chi connectivity index (χ2n) is 8.32. The molecule has 1 aromatic carbocycles. The lowest BCUT2D eigenvalue weighted by Gasteiger charge is -2.42. The molecule has 0 unspecified atom stereocenters. The molecule has 0 saturated carbocycles. The zero-order valence-electron chi connectivity index (χ0n) is 17.4. The minimum absolute atomic E-state index is 0.000779. The number of urea groups is 1. The SMILES string of the molecule is CC(=O)N1CCC2(CC1)C(=O)N(CC1COCCOC1)C(=O)N2Cc1ccccc1. The molecule has 3 aliphatic heterocycles. The van der Waals surface area contributed by atoms with Gasteiger partial charge in [0.05, 0.1) is 26.4 Å². The zero-order valence-corrected chi connectivity index (χ0v) is 17.4. The van der Waals surface area contributed by atoms with E-state index in [1.807, 2.05) is 30.3 Å². The Morgan fingerprint density at radius 3 is 2.30 bits per heavy atom. The van der Waals surface area contributed by atoms with E-state index in [1.165, 1.54) is 4.90 Å². The summed E-state index contributed by atoms with van der Waals surface area (Å²) in [5.41, 5.74) is 0.0840. The second kappa shape index (κ2) is 8.73. The van der Waals surface area contributed by atoms with Crippen molar-refractivity contribution in [2.24, 2.45) is 5.92 Å². The summed E-state index contributed by atoms with van der Waals surface area (Å²) in [6.45, 7) is 5.17. The molecule has 162 valence electrons. The Hall–Kier alpha value is -2.45. The van der Waals surface area contributed by atoms with Crippen LogP contribution in [0.5, 0.6) is 0 Å². The van der Waals surface area contributed by atoms with Gasteiger partial charge in [0.1, 0.15) is 5.54 Å². The highest BCUT2D eigenvalue weighted by molar-refractivity contribution is 6.07. The van der Waals surface area contributed by atoms with Gasteiger partial charge >= 0.3 is 6.03 Å². The first kappa shape index (κ1) is 20.8. The monoisotopic (exact) mass is 415 g/mol. The third-order valence-corrected chi connectivity index (χ3v) is 6.36. The predicted molar refractivity (Wildman–Crippen MR) is 108 cm³/mol. The van der Waals surface area contributed by atoms with E-state index in [4.69, 9.17) is 9.47 Å². The van der Waals surface area contributed by atoms with Crippen molar-refractivity contribution >= 4 is 17.8 Å². The average Bonchev–Trinajstić information content (AvgIpc) is 2.96. The van der Waals surface area contributed by atoms with Gasteiger partial charge in [-0.2, -0.15) is 0 Å². The van der Waals surface area contributed by atoms with E-state index in [2.05, 4.69) is 0 Å². The fourth-order valence-electron chi connectivity index (χ4n) is 4.63. The molecule has 4 amide bonds. The Balaban J connectivity index is 1.59. The van der Waals surface area contributed by atoms with Crippen LogP contribution in [0.1, 0.15) is 25.3 Å². The van der Waals surface area contributed by atoms with E-state index >= 15 is 0 Å². The molecular formula is C22H29N3O5. The van der Waals surface area contributed by atoms with Crippen molar-refractivity contribution < 1.29 is 23.9 Å². The molecule has 0 N–H and O–H groups in total. The molecule has 0 aromatic heterocycles. The fraction of sp³-hybridized carbons (Fsp3) is 0.591. The van der Waals surface area contributed by atoms with E-state index in [0.717, 1.165) is 5.56 Å². The van der Waals surface area contributed by atoms with Gasteiger partial charge in [-0.1, -0.05) is 30.3 Å². The number of likely N-dealkylation sites (tertiary alicyclic amines) is 1. The topological polar surface area (TPSA) is 79.4 Å². The van der Waals surface area contributed by atoms with Gasteiger partial charge in [-0.3, -0.25) is 14.5 Å². The molecular weight excluding hydrogens is 386 g/mol. The molecule has 4 rings (SSSR count). The maximum absolute atomic E-state index is 13.6. The fourth-order valence-corrected chi connectivity index (χ4v) is 4.63. The Morgan fingerprint density at radius 1 is 1.07 bits per heavy atom. The first-order valence-electron chi connectivity index (χ1n) is 10.6. The molecule has 1 aromatic rings. The van der Waals surface area contributed by atoms with Gasteiger partial charge in [0, 0.05) is 39.0 Å². The molecule has 1 spiro atoms. The van der Waals surface area contributed by atoms with Crippen LogP contribution in [-0.2, 0) is 25.6 Å². The quantitative estimate of drug-likeness (QED) is 0.697. The highest BCUT2D eigenvalue weighted by Crippen LogP contribution is 2.39. The smallest absolute Gasteiger partial charge is 0.327 e. The lowest BCUT2D eigenvalue weighted by atomic mass is 9.85. The summed E-state index contributed by atoms with van der Waals surface area (Å²) in [7, 11) is 0. The maximum atomic E-state index is 13.6. The molecule has 0 radical (unpaired) electrons. The van der Waals surface area contributed by atoms with Crippen molar-refractivity contribution in [3.05, 3.63) is 35.9 Å². The standard InChI is InChI=1S/C22H29N3O5/c1-17(26)23-9-7-22(8-10-23)20(27)24(13-19-15-29-11-12-30-16-19)21(28)25(22)14-18-5-3-2-4-6-18/h2-6,19H,7-16H2,1H3. The van der Waals surface area contributed by atoms with Crippen LogP contribution in [0.15, 0.2) is 30.3 Å². The average molecular weight is 415 g/mol. The van der Waals surface area contributed by atoms with Crippen LogP contribution in [0.4, 0.5) is 4.79 Å². The van der Waals surface area contributed by atoms with Gasteiger partial charge in [0.15, 0.2) is 0 Å². The summed E-state index contributed by atoms with van der Waals surface area (Å²) < 4.78 is 11.1. The zero-order chi connectivity index (χ0) is 21.1. The highest BCUT2D eigenvalue weighted by Gasteiger charge is 2.58. The minimum Gasteiger partial charge on any atom is -0.379 e. The lowest BCUT2D eigenvalue weighted by molar-refractivity contribution is -0.140. The third-order valence-electron chi connectivity index (χ3n) is 6.36. The van der Waals surface area contributed by atoms with Gasteiger partial charge in [0.25, 0.3) is 5.91 Å². The molecule has 0 atom stereocenters. The normalized spacial score (nSPS) is 22.6. The minimum atomic E-state index is -0.898. The molecule has 3 heterocycles. The van der Waals surface area contributed by atoms with Crippen LogP contribution in [0.25, 0.3) is 0 Å². The van der Waals surface area contributed by atoms with Crippen LogP contribution in [0.3, 0.4) is 0 Å². The highest BCUT2D eigenvalue weighted by atomic mass is 16.5. The molecule has 8 heteroatoms. The Kier molecular flexibility index (Phi) is 6.06. The lowest BCUT2D eigenvalue weighted by Crippen LogP contribution is -2.57. The molecule has 3 aliphatic rings. The number of piperidine rings is 1. The van der Waals surface area contributed by atoms with Gasteiger partial charge in [-0.15, -0.1) is 0 Å². The molecule has 3 fully saturated rings. The molecule has 8 nitrogen and oxygen atoms in total. The number of carbonyl (C=O) groups is 3. The molecule has 0 aliphatic carbocycles. The first-order chi connectivity index (χ1) is 14.5. The van der Waals surface area contributed by atoms with Crippen LogP contribution >= 0.6 is 0 Å². The number of benzene rings is 1. The number of hydrogen-bond donors (Lipinski definition) is 0. The Bertz CT molecular complexity index is 783. The van der Waals surface area contributed by atoms with E-state index in [-0.39, 0.29) is 23.8 Å². The summed E-state index contributed by atoms with van der Waals surface area (Å²) in [4.78, 5) is 43.7. The van der Waals surface area contributed by atoms with Gasteiger partial charge in [0.2, 0.25) is 5.91 Å². The summed E-state index contributed by atoms with van der Waals surface area (Å²) in [6.07, 6.45) is 0.913. The van der Waals surface area contributed by atoms with Crippen LogP contribution in [0.2, 0.25) is 0 Å². The molecule has 3 saturated heterocycles. The van der Waals surface area contributed by atoms with Crippen LogP contribution in [-0.4, -0.2) is 84.1 Å². The van der Waals surface area contributed by atoms with Gasteiger partial charge in [-0.05, 0) is 18.4 Å². The van der Waals surface area contributed by atoms with Gasteiger partial charge in [-0.25, -0.2) is 4.79 Å². The number of nitrogens with zero attached hydrogens (tertiary/aromatic N) is 3. The first-order valence-corrected chi connectivity index (χ1v) is 10.6. The van der Waals surface area contributed by atoms with Crippen LogP contribution in [0, 0.1) is 5.92 Å². The summed E-state index contributed by atoms with van der Waals surface area (Å²) in [5.74, 6) is -0.192. The summed E-state index contributed by atoms with van der Waals surface area (Å²) in [5, 5.41) is 0. The Morgan fingerprint density at radius 2 is 1.70 bits per heavy atom. The van der Waals surface area contributed by atoms with E-state index in [0.29, 0.717) is 65.4 Å².